The van der Waals surface area contributed by atoms with Gasteiger partial charge in [0.25, 0.3) is 0 Å². The molecule has 0 aromatic rings. The van der Waals surface area contributed by atoms with Gasteiger partial charge in [-0.05, 0) is 36.7 Å². The zero-order chi connectivity index (χ0) is 13.4. The van der Waals surface area contributed by atoms with Crippen molar-refractivity contribution in [2.75, 3.05) is 18.1 Å². The number of oxime groups is 1. The molecule has 4 N–H and O–H groups in total. The minimum atomic E-state index is -0.502. The van der Waals surface area contributed by atoms with E-state index in [0.29, 0.717) is 18.9 Å². The van der Waals surface area contributed by atoms with Crippen LogP contribution < -0.4 is 11.1 Å². The molecule has 0 spiro atoms. The third-order valence-electron chi connectivity index (χ3n) is 3.27. The van der Waals surface area contributed by atoms with Crippen LogP contribution in [0.15, 0.2) is 5.16 Å². The van der Waals surface area contributed by atoms with Crippen molar-refractivity contribution in [2.24, 2.45) is 22.7 Å². The van der Waals surface area contributed by atoms with E-state index in [1.807, 2.05) is 18.7 Å². The molecule has 1 saturated heterocycles. The van der Waals surface area contributed by atoms with E-state index in [1.165, 1.54) is 11.5 Å². The van der Waals surface area contributed by atoms with Crippen molar-refractivity contribution in [1.82, 2.24) is 5.32 Å². The number of nitrogens with zero attached hydrogens (tertiary/aromatic N) is 1. The summed E-state index contributed by atoms with van der Waals surface area (Å²) in [4.78, 5) is 12.0. The lowest BCUT2D eigenvalue weighted by Gasteiger charge is -2.23. The topological polar surface area (TPSA) is 87.7 Å². The first-order valence-corrected chi connectivity index (χ1v) is 7.67. The van der Waals surface area contributed by atoms with Crippen molar-refractivity contribution in [1.29, 1.82) is 0 Å². The molecule has 0 bridgehead atoms. The predicted octanol–water partition coefficient (Wildman–Crippen LogP) is 1.41. The maximum absolute atomic E-state index is 12.0. The summed E-state index contributed by atoms with van der Waals surface area (Å²) in [5, 5.41) is 14.6. The van der Waals surface area contributed by atoms with Gasteiger partial charge in [0.2, 0.25) is 5.91 Å². The maximum atomic E-state index is 12.0. The molecule has 104 valence electrons. The smallest absolute Gasteiger partial charge is 0.230 e. The second kappa shape index (κ2) is 8.24. The van der Waals surface area contributed by atoms with Crippen LogP contribution >= 0.6 is 11.8 Å². The Bertz CT molecular complexity index is 291. The monoisotopic (exact) mass is 273 g/mol. The Morgan fingerprint density at radius 2 is 2.22 bits per heavy atom. The van der Waals surface area contributed by atoms with Crippen LogP contribution in [-0.2, 0) is 4.79 Å². The van der Waals surface area contributed by atoms with Gasteiger partial charge >= 0.3 is 0 Å². The molecular formula is C12H23N3O2S. The highest BCUT2D eigenvalue weighted by atomic mass is 32.2. The van der Waals surface area contributed by atoms with Gasteiger partial charge in [-0.2, -0.15) is 11.8 Å². The molecule has 6 heteroatoms. The number of hydrogen-bond donors (Lipinski definition) is 3. The second-order valence-corrected chi connectivity index (χ2v) is 5.89. The number of carbonyl (C=O) groups is 1. The standard InChI is InChI=1S/C12H23N3O2S/c1-2-3-10(11(13)15-17)12(16)14-8-9-4-6-18-7-5-9/h9-10,17H,2-8H2,1H3,(H2,13,15)(H,14,16). The van der Waals surface area contributed by atoms with Gasteiger partial charge in [-0.3, -0.25) is 4.79 Å². The Balaban J connectivity index is 2.40. The highest BCUT2D eigenvalue weighted by Gasteiger charge is 2.23. The average Bonchev–Trinajstić information content (AvgIpc) is 2.42. The zero-order valence-electron chi connectivity index (χ0n) is 10.9. The highest BCUT2D eigenvalue weighted by Crippen LogP contribution is 2.22. The van der Waals surface area contributed by atoms with E-state index in [-0.39, 0.29) is 11.7 Å². The van der Waals surface area contributed by atoms with E-state index in [4.69, 9.17) is 10.9 Å². The van der Waals surface area contributed by atoms with Crippen LogP contribution in [0.1, 0.15) is 32.6 Å². The molecule has 0 saturated carbocycles. The summed E-state index contributed by atoms with van der Waals surface area (Å²) in [6, 6.07) is 0. The summed E-state index contributed by atoms with van der Waals surface area (Å²) in [5.74, 6) is 2.32. The third-order valence-corrected chi connectivity index (χ3v) is 4.32. The Labute approximate surface area is 113 Å². The second-order valence-electron chi connectivity index (χ2n) is 4.67. The van der Waals surface area contributed by atoms with E-state index in [1.54, 1.807) is 0 Å². The third kappa shape index (κ3) is 4.76. The van der Waals surface area contributed by atoms with Crippen molar-refractivity contribution in [3.05, 3.63) is 0 Å². The lowest BCUT2D eigenvalue weighted by atomic mass is 9.99. The molecule has 1 fully saturated rings. The Morgan fingerprint density at radius 3 is 2.78 bits per heavy atom. The van der Waals surface area contributed by atoms with Crippen LogP contribution in [0.3, 0.4) is 0 Å². The number of amides is 1. The van der Waals surface area contributed by atoms with E-state index >= 15 is 0 Å². The fourth-order valence-corrected chi connectivity index (χ4v) is 3.29. The first kappa shape index (κ1) is 15.1. The summed E-state index contributed by atoms with van der Waals surface area (Å²) in [6.07, 6.45) is 3.76. The van der Waals surface area contributed by atoms with Gasteiger partial charge in [-0.15, -0.1) is 0 Å². The van der Waals surface area contributed by atoms with E-state index < -0.39 is 5.92 Å². The molecule has 1 aliphatic rings. The van der Waals surface area contributed by atoms with Crippen molar-refractivity contribution in [3.8, 4) is 0 Å². The highest BCUT2D eigenvalue weighted by molar-refractivity contribution is 7.99. The molecule has 1 rings (SSSR count). The molecule has 5 nitrogen and oxygen atoms in total. The van der Waals surface area contributed by atoms with E-state index in [2.05, 4.69) is 10.5 Å². The molecule has 1 aliphatic heterocycles. The number of hydrogen-bond acceptors (Lipinski definition) is 4. The van der Waals surface area contributed by atoms with Crippen LogP contribution in [0, 0.1) is 11.8 Å². The Hall–Kier alpha value is -0.910. The summed E-state index contributed by atoms with van der Waals surface area (Å²) in [5.41, 5.74) is 5.55. The molecule has 0 aromatic heterocycles. The first-order valence-electron chi connectivity index (χ1n) is 6.51. The normalized spacial score (nSPS) is 19.5. The van der Waals surface area contributed by atoms with E-state index in [0.717, 1.165) is 19.3 Å². The predicted molar refractivity (Wildman–Crippen MR) is 74.9 cm³/mol. The number of carbonyl (C=O) groups excluding carboxylic acids is 1. The minimum Gasteiger partial charge on any atom is -0.409 e. The number of rotatable bonds is 6. The minimum absolute atomic E-state index is 0.00792. The summed E-state index contributed by atoms with van der Waals surface area (Å²) < 4.78 is 0. The Morgan fingerprint density at radius 1 is 1.56 bits per heavy atom. The van der Waals surface area contributed by atoms with Crippen molar-refractivity contribution >= 4 is 23.5 Å². The fraction of sp³-hybridized carbons (Fsp3) is 0.833. The number of nitrogens with one attached hydrogen (secondary N) is 1. The summed E-state index contributed by atoms with van der Waals surface area (Å²) >= 11 is 1.97. The van der Waals surface area contributed by atoms with Gasteiger partial charge in [0.05, 0.1) is 5.92 Å². The lowest BCUT2D eigenvalue weighted by Crippen LogP contribution is -2.41. The van der Waals surface area contributed by atoms with Crippen molar-refractivity contribution in [3.63, 3.8) is 0 Å². The van der Waals surface area contributed by atoms with Crippen molar-refractivity contribution < 1.29 is 10.0 Å². The van der Waals surface area contributed by atoms with Crippen LogP contribution in [-0.4, -0.2) is 35.0 Å². The molecule has 18 heavy (non-hydrogen) atoms. The number of amidine groups is 1. The molecule has 1 amide bonds. The molecule has 0 aliphatic carbocycles. The van der Waals surface area contributed by atoms with Gasteiger partial charge < -0.3 is 16.3 Å². The Kier molecular flexibility index (Phi) is 6.93. The molecule has 0 aromatic carbocycles. The first-order chi connectivity index (χ1) is 8.69. The van der Waals surface area contributed by atoms with E-state index in [9.17, 15) is 4.79 Å². The van der Waals surface area contributed by atoms with Crippen molar-refractivity contribution in [2.45, 2.75) is 32.6 Å². The van der Waals surface area contributed by atoms with Crippen LogP contribution in [0.2, 0.25) is 0 Å². The van der Waals surface area contributed by atoms with Gasteiger partial charge in [0.15, 0.2) is 5.84 Å². The molecule has 1 heterocycles. The summed E-state index contributed by atoms with van der Waals surface area (Å²) in [7, 11) is 0. The molecule has 1 unspecified atom stereocenters. The quantitative estimate of drug-likeness (QED) is 0.295. The van der Waals surface area contributed by atoms with Crippen LogP contribution in [0.5, 0.6) is 0 Å². The number of nitrogens with two attached hydrogens (primary N) is 1. The number of thioether (sulfide) groups is 1. The van der Waals surface area contributed by atoms with Gasteiger partial charge in [0.1, 0.15) is 0 Å². The van der Waals surface area contributed by atoms with Gasteiger partial charge in [0, 0.05) is 6.54 Å². The lowest BCUT2D eigenvalue weighted by molar-refractivity contribution is -0.123. The van der Waals surface area contributed by atoms with Gasteiger partial charge in [-0.1, -0.05) is 18.5 Å². The summed E-state index contributed by atoms with van der Waals surface area (Å²) in [6.45, 7) is 2.68. The van der Waals surface area contributed by atoms with Gasteiger partial charge in [-0.25, -0.2) is 0 Å². The molecule has 0 radical (unpaired) electrons. The average molecular weight is 273 g/mol. The largest absolute Gasteiger partial charge is 0.409 e. The maximum Gasteiger partial charge on any atom is 0.230 e. The van der Waals surface area contributed by atoms with Crippen LogP contribution in [0.4, 0.5) is 0 Å². The molecule has 1 atom stereocenters. The van der Waals surface area contributed by atoms with Crippen LogP contribution in [0.25, 0.3) is 0 Å². The SMILES string of the molecule is CCCC(C(=O)NCC1CCSCC1)C(N)=NO. The zero-order valence-corrected chi connectivity index (χ0v) is 11.7. The fourth-order valence-electron chi connectivity index (χ4n) is 2.09. The molecular weight excluding hydrogens is 250 g/mol.